The van der Waals surface area contributed by atoms with Crippen molar-refractivity contribution in [1.29, 1.82) is 0 Å². The van der Waals surface area contributed by atoms with Gasteiger partial charge < -0.3 is 19.9 Å². The van der Waals surface area contributed by atoms with E-state index in [1.165, 1.54) is 12.1 Å². The topological polar surface area (TPSA) is 78.9 Å². The molecule has 152 valence electrons. The third-order valence-electron chi connectivity index (χ3n) is 4.59. The largest absolute Gasteiger partial charge is 0.485 e. The fourth-order valence-corrected chi connectivity index (χ4v) is 2.96. The molecule has 0 bridgehead atoms. The number of para-hydroxylation sites is 1. The number of carbonyl (C=O) groups excluding carboxylic acids is 3. The average Bonchev–Trinajstić information content (AvgIpc) is 2.77. The smallest absolute Gasteiger partial charge is 0.291 e. The molecule has 1 aliphatic heterocycles. The highest BCUT2D eigenvalue weighted by Crippen LogP contribution is 2.16. The molecule has 1 aliphatic rings. The Morgan fingerprint density at radius 3 is 2.24 bits per heavy atom. The lowest BCUT2D eigenvalue weighted by Gasteiger charge is -2.36. The van der Waals surface area contributed by atoms with Crippen LogP contribution in [0.15, 0.2) is 54.6 Å². The zero-order valence-corrected chi connectivity index (χ0v) is 15.8. The molecule has 0 saturated carbocycles. The Hall–Kier alpha value is -3.42. The highest BCUT2D eigenvalue weighted by molar-refractivity contribution is 6.37. The Balaban J connectivity index is 1.38. The van der Waals surface area contributed by atoms with Crippen molar-refractivity contribution < 1.29 is 23.5 Å². The Morgan fingerprint density at radius 2 is 1.59 bits per heavy atom. The number of ether oxygens (including phenoxy) is 1. The second-order valence-electron chi connectivity index (χ2n) is 6.55. The van der Waals surface area contributed by atoms with Gasteiger partial charge in [-0.3, -0.25) is 14.4 Å². The van der Waals surface area contributed by atoms with E-state index in [2.05, 4.69) is 10.2 Å². The molecule has 7 nitrogen and oxygen atoms in total. The molecule has 0 spiro atoms. The van der Waals surface area contributed by atoms with Gasteiger partial charge in [-0.25, -0.2) is 4.39 Å². The fraction of sp³-hybridized carbons (Fsp3) is 0.286. The lowest BCUT2D eigenvalue weighted by Crippen LogP contribution is -2.51. The van der Waals surface area contributed by atoms with Crippen molar-refractivity contribution in [3.63, 3.8) is 0 Å². The van der Waals surface area contributed by atoms with Crippen molar-refractivity contribution in [3.8, 4) is 5.75 Å². The zero-order valence-electron chi connectivity index (χ0n) is 15.8. The minimum atomic E-state index is -0.848. The normalized spacial score (nSPS) is 13.7. The predicted molar refractivity (Wildman–Crippen MR) is 105 cm³/mol. The molecule has 2 amide bonds. The van der Waals surface area contributed by atoms with Crippen molar-refractivity contribution in [1.82, 2.24) is 10.2 Å². The van der Waals surface area contributed by atoms with Crippen LogP contribution in [0.2, 0.25) is 0 Å². The molecule has 1 fully saturated rings. The summed E-state index contributed by atoms with van der Waals surface area (Å²) in [6.45, 7) is 1.55. The third kappa shape index (κ3) is 5.78. The van der Waals surface area contributed by atoms with Crippen LogP contribution in [0, 0.1) is 5.82 Å². The highest BCUT2D eigenvalue weighted by atomic mass is 19.1. The lowest BCUT2D eigenvalue weighted by molar-refractivity contribution is -0.140. The molecule has 3 rings (SSSR count). The molecule has 0 aliphatic carbocycles. The third-order valence-corrected chi connectivity index (χ3v) is 4.59. The van der Waals surface area contributed by atoms with E-state index in [4.69, 9.17) is 4.74 Å². The van der Waals surface area contributed by atoms with Crippen molar-refractivity contribution in [2.24, 2.45) is 0 Å². The van der Waals surface area contributed by atoms with Gasteiger partial charge >= 0.3 is 0 Å². The average molecular weight is 399 g/mol. The second-order valence-corrected chi connectivity index (χ2v) is 6.55. The lowest BCUT2D eigenvalue weighted by atomic mass is 10.2. The van der Waals surface area contributed by atoms with Gasteiger partial charge in [-0.1, -0.05) is 18.2 Å². The first-order valence-electron chi connectivity index (χ1n) is 9.30. The number of Topliss-reactive ketones (excluding diaryl/α,β-unsaturated/α-hetero) is 1. The molecule has 0 atom stereocenters. The van der Waals surface area contributed by atoms with E-state index in [-0.39, 0.29) is 24.9 Å². The van der Waals surface area contributed by atoms with Crippen LogP contribution in [0.25, 0.3) is 0 Å². The minimum Gasteiger partial charge on any atom is -0.485 e. The van der Waals surface area contributed by atoms with Crippen molar-refractivity contribution in [2.45, 2.75) is 0 Å². The molecule has 2 aromatic carbocycles. The second kappa shape index (κ2) is 9.68. The van der Waals surface area contributed by atoms with Crippen LogP contribution in [0.1, 0.15) is 0 Å². The number of ketones is 1. The van der Waals surface area contributed by atoms with Gasteiger partial charge in [0.05, 0.1) is 6.54 Å². The van der Waals surface area contributed by atoms with Crippen LogP contribution in [0.5, 0.6) is 5.75 Å². The number of amides is 2. The standard InChI is InChI=1S/C21H22FN3O4/c22-16-6-8-17(9-7-16)24-10-12-25(13-11-24)20(27)14-23-21(28)19(26)15-29-18-4-2-1-3-5-18/h1-9H,10-15H2,(H,23,28). The summed E-state index contributed by atoms with van der Waals surface area (Å²) in [5.74, 6) is -1.65. The van der Waals surface area contributed by atoms with Crippen LogP contribution in [0.4, 0.5) is 10.1 Å². The Bertz CT molecular complexity index is 850. The van der Waals surface area contributed by atoms with Gasteiger partial charge in [-0.05, 0) is 36.4 Å². The van der Waals surface area contributed by atoms with Crippen molar-refractivity contribution in [3.05, 3.63) is 60.4 Å². The van der Waals surface area contributed by atoms with Gasteiger partial charge in [0, 0.05) is 31.9 Å². The molecule has 1 N–H and O–H groups in total. The first-order chi connectivity index (χ1) is 14.0. The molecule has 29 heavy (non-hydrogen) atoms. The predicted octanol–water partition coefficient (Wildman–Crippen LogP) is 1.24. The minimum absolute atomic E-state index is 0.244. The van der Waals surface area contributed by atoms with Gasteiger partial charge in [-0.2, -0.15) is 0 Å². The fourth-order valence-electron chi connectivity index (χ4n) is 2.96. The highest BCUT2D eigenvalue weighted by Gasteiger charge is 2.22. The first-order valence-corrected chi connectivity index (χ1v) is 9.30. The van der Waals surface area contributed by atoms with Crippen molar-refractivity contribution in [2.75, 3.05) is 44.2 Å². The number of hydrogen-bond acceptors (Lipinski definition) is 5. The maximum atomic E-state index is 13.0. The molecule has 0 radical (unpaired) electrons. The molecule has 1 saturated heterocycles. The molecule has 8 heteroatoms. The van der Waals surface area contributed by atoms with Crippen LogP contribution in [-0.2, 0) is 14.4 Å². The molecule has 1 heterocycles. The summed E-state index contributed by atoms with van der Waals surface area (Å²) in [6.07, 6.45) is 0. The number of nitrogens with one attached hydrogen (secondary N) is 1. The van der Waals surface area contributed by atoms with E-state index >= 15 is 0 Å². The van der Waals surface area contributed by atoms with Crippen LogP contribution in [-0.4, -0.2) is 61.8 Å². The van der Waals surface area contributed by atoms with E-state index < -0.39 is 11.7 Å². The van der Waals surface area contributed by atoms with E-state index in [0.29, 0.717) is 31.9 Å². The zero-order chi connectivity index (χ0) is 20.6. The van der Waals surface area contributed by atoms with Crippen LogP contribution >= 0.6 is 0 Å². The monoisotopic (exact) mass is 399 g/mol. The molecule has 0 aromatic heterocycles. The summed E-state index contributed by atoms with van der Waals surface area (Å²) in [5.41, 5.74) is 0.899. The number of nitrogens with zero attached hydrogens (tertiary/aromatic N) is 2. The van der Waals surface area contributed by atoms with Gasteiger partial charge in [0.15, 0.2) is 6.61 Å². The number of carbonyl (C=O) groups is 3. The summed E-state index contributed by atoms with van der Waals surface area (Å²) in [6, 6.07) is 14.9. The first kappa shape index (κ1) is 20.3. The number of benzene rings is 2. The summed E-state index contributed by atoms with van der Waals surface area (Å²) in [7, 11) is 0. The maximum absolute atomic E-state index is 13.0. The van der Waals surface area contributed by atoms with E-state index in [9.17, 15) is 18.8 Å². The molecule has 2 aromatic rings. The van der Waals surface area contributed by atoms with Gasteiger partial charge in [0.2, 0.25) is 5.91 Å². The molecular formula is C21H22FN3O4. The van der Waals surface area contributed by atoms with Gasteiger partial charge in [0.25, 0.3) is 11.7 Å². The number of rotatable bonds is 7. The summed E-state index contributed by atoms with van der Waals surface area (Å²) in [4.78, 5) is 39.7. The van der Waals surface area contributed by atoms with Gasteiger partial charge in [-0.15, -0.1) is 0 Å². The number of halogens is 1. The van der Waals surface area contributed by atoms with E-state index in [1.807, 2.05) is 6.07 Å². The van der Waals surface area contributed by atoms with Gasteiger partial charge in [0.1, 0.15) is 11.6 Å². The number of piperazine rings is 1. The Morgan fingerprint density at radius 1 is 0.931 bits per heavy atom. The van der Waals surface area contributed by atoms with Crippen molar-refractivity contribution >= 4 is 23.3 Å². The van der Waals surface area contributed by atoms with Crippen LogP contribution in [0.3, 0.4) is 0 Å². The molecule has 0 unspecified atom stereocenters. The number of hydrogen-bond donors (Lipinski definition) is 1. The quantitative estimate of drug-likeness (QED) is 0.709. The van der Waals surface area contributed by atoms with E-state index in [1.54, 1.807) is 41.3 Å². The molecular weight excluding hydrogens is 377 g/mol. The summed E-state index contributed by atoms with van der Waals surface area (Å²) >= 11 is 0. The SMILES string of the molecule is O=C(COc1ccccc1)C(=O)NCC(=O)N1CCN(c2ccc(F)cc2)CC1. The Kier molecular flexibility index (Phi) is 6.78. The van der Waals surface area contributed by atoms with Crippen LogP contribution < -0.4 is 15.0 Å². The Labute approximate surface area is 168 Å². The van der Waals surface area contributed by atoms with E-state index in [0.717, 1.165) is 5.69 Å². The summed E-state index contributed by atoms with van der Waals surface area (Å²) < 4.78 is 18.3. The number of anilines is 1. The maximum Gasteiger partial charge on any atom is 0.291 e. The summed E-state index contributed by atoms with van der Waals surface area (Å²) in [5, 5.41) is 2.35.